The van der Waals surface area contributed by atoms with E-state index in [1.165, 1.54) is 0 Å². The highest BCUT2D eigenvalue weighted by atomic mass is 35.5. The van der Waals surface area contributed by atoms with Gasteiger partial charge in [0.05, 0.1) is 13.2 Å². The minimum Gasteiger partial charge on any atom is -0.377 e. The van der Waals surface area contributed by atoms with Crippen molar-refractivity contribution in [2.75, 3.05) is 25.6 Å². The van der Waals surface area contributed by atoms with Crippen LogP contribution < -0.4 is 5.32 Å². The van der Waals surface area contributed by atoms with Crippen molar-refractivity contribution in [3.8, 4) is 0 Å². The lowest BCUT2D eigenvalue weighted by molar-refractivity contribution is -0.148. The first kappa shape index (κ1) is 15.2. The second-order valence-electron chi connectivity index (χ2n) is 4.63. The van der Waals surface area contributed by atoms with Gasteiger partial charge in [0.25, 0.3) is 0 Å². The van der Waals surface area contributed by atoms with Gasteiger partial charge in [0.1, 0.15) is 6.04 Å². The zero-order chi connectivity index (χ0) is 13.5. The van der Waals surface area contributed by atoms with Crippen LogP contribution >= 0.6 is 11.6 Å². The molecule has 0 saturated carbocycles. The number of nitrogens with zero attached hydrogens (tertiary/aromatic N) is 1. The van der Waals surface area contributed by atoms with Crippen molar-refractivity contribution in [1.82, 2.24) is 10.2 Å². The van der Waals surface area contributed by atoms with Crippen LogP contribution in [-0.4, -0.2) is 54.4 Å². The first-order valence-corrected chi connectivity index (χ1v) is 6.83. The molecule has 1 unspecified atom stereocenters. The van der Waals surface area contributed by atoms with Gasteiger partial charge in [-0.05, 0) is 20.3 Å². The zero-order valence-electron chi connectivity index (χ0n) is 10.9. The highest BCUT2D eigenvalue weighted by Gasteiger charge is 2.32. The van der Waals surface area contributed by atoms with Gasteiger partial charge in [-0.1, -0.05) is 0 Å². The average Bonchev–Trinajstić information content (AvgIpc) is 2.35. The fourth-order valence-electron chi connectivity index (χ4n) is 1.86. The molecule has 5 nitrogen and oxygen atoms in total. The van der Waals surface area contributed by atoms with E-state index < -0.39 is 6.04 Å². The quantitative estimate of drug-likeness (QED) is 0.754. The number of carbonyl (C=O) groups is 2. The molecular formula is C12H21ClN2O3. The Balaban J connectivity index is 2.61. The first-order chi connectivity index (χ1) is 8.56. The smallest absolute Gasteiger partial charge is 0.245 e. The minimum absolute atomic E-state index is 0.0251. The van der Waals surface area contributed by atoms with Crippen molar-refractivity contribution in [3.63, 3.8) is 0 Å². The molecule has 104 valence electrons. The summed E-state index contributed by atoms with van der Waals surface area (Å²) in [5.41, 5.74) is 0. The van der Waals surface area contributed by atoms with Crippen LogP contribution in [-0.2, 0) is 14.3 Å². The van der Waals surface area contributed by atoms with Crippen LogP contribution in [0.2, 0.25) is 0 Å². The Morgan fingerprint density at radius 1 is 1.50 bits per heavy atom. The number of amides is 2. The summed E-state index contributed by atoms with van der Waals surface area (Å²) in [6, 6.07) is -0.455. The molecule has 1 rings (SSSR count). The summed E-state index contributed by atoms with van der Waals surface area (Å²) in [4.78, 5) is 25.6. The molecular weight excluding hydrogens is 256 g/mol. The number of nitrogens with one attached hydrogen (secondary N) is 1. The third-order valence-electron chi connectivity index (χ3n) is 2.71. The van der Waals surface area contributed by atoms with E-state index in [-0.39, 0.29) is 24.5 Å². The topological polar surface area (TPSA) is 58.6 Å². The molecule has 1 fully saturated rings. The number of morpholine rings is 1. The molecule has 0 aliphatic carbocycles. The van der Waals surface area contributed by atoms with E-state index in [0.717, 1.165) is 0 Å². The Hall–Kier alpha value is -0.810. The number of hydrogen-bond acceptors (Lipinski definition) is 3. The minimum atomic E-state index is -0.510. The highest BCUT2D eigenvalue weighted by molar-refractivity contribution is 6.17. The lowest BCUT2D eigenvalue weighted by Crippen LogP contribution is -2.56. The summed E-state index contributed by atoms with van der Waals surface area (Å²) >= 11 is 5.58. The predicted molar refractivity (Wildman–Crippen MR) is 69.6 cm³/mol. The van der Waals surface area contributed by atoms with Crippen molar-refractivity contribution in [2.24, 2.45) is 0 Å². The molecule has 1 aliphatic heterocycles. The molecule has 1 heterocycles. The van der Waals surface area contributed by atoms with E-state index >= 15 is 0 Å². The second-order valence-corrected chi connectivity index (χ2v) is 5.01. The molecule has 0 bridgehead atoms. The standard InChI is InChI=1S/C12H21ClN2O3/c1-9(2)14-12(17)10-8-18-7-6-15(10)11(16)4-3-5-13/h9-10H,3-8H2,1-2H3,(H,14,17). The number of ether oxygens (including phenoxy) is 1. The van der Waals surface area contributed by atoms with Gasteiger partial charge >= 0.3 is 0 Å². The third-order valence-corrected chi connectivity index (χ3v) is 2.97. The largest absolute Gasteiger partial charge is 0.377 e. The predicted octanol–water partition coefficient (Wildman–Crippen LogP) is 0.757. The second kappa shape index (κ2) is 7.59. The molecule has 18 heavy (non-hydrogen) atoms. The fraction of sp³-hybridized carbons (Fsp3) is 0.833. The van der Waals surface area contributed by atoms with Gasteiger partial charge < -0.3 is 15.0 Å². The molecule has 1 saturated heterocycles. The Morgan fingerprint density at radius 2 is 2.22 bits per heavy atom. The van der Waals surface area contributed by atoms with Gasteiger partial charge in [-0.25, -0.2) is 0 Å². The number of halogens is 1. The summed E-state index contributed by atoms with van der Waals surface area (Å²) in [7, 11) is 0. The first-order valence-electron chi connectivity index (χ1n) is 6.29. The molecule has 2 amide bonds. The third kappa shape index (κ3) is 4.46. The number of rotatable bonds is 5. The number of alkyl halides is 1. The van der Waals surface area contributed by atoms with Crippen LogP contribution in [0.5, 0.6) is 0 Å². The molecule has 6 heteroatoms. The van der Waals surface area contributed by atoms with Crippen LogP contribution in [0, 0.1) is 0 Å². The van der Waals surface area contributed by atoms with Gasteiger partial charge in [-0.2, -0.15) is 0 Å². The van der Waals surface area contributed by atoms with Gasteiger partial charge in [0, 0.05) is 24.9 Å². The molecule has 0 radical (unpaired) electrons. The SMILES string of the molecule is CC(C)NC(=O)C1COCCN1C(=O)CCCCl. The number of carbonyl (C=O) groups excluding carboxylic acids is 2. The van der Waals surface area contributed by atoms with Crippen LogP contribution in [0.3, 0.4) is 0 Å². The maximum atomic E-state index is 12.0. The van der Waals surface area contributed by atoms with Crippen molar-refractivity contribution in [2.45, 2.75) is 38.8 Å². The Morgan fingerprint density at radius 3 is 2.83 bits per heavy atom. The summed E-state index contributed by atoms with van der Waals surface area (Å²) < 4.78 is 5.29. The van der Waals surface area contributed by atoms with Crippen molar-refractivity contribution >= 4 is 23.4 Å². The van der Waals surface area contributed by atoms with Crippen LogP contribution in [0.15, 0.2) is 0 Å². The fourth-order valence-corrected chi connectivity index (χ4v) is 2.00. The van der Waals surface area contributed by atoms with Gasteiger partial charge in [-0.15, -0.1) is 11.6 Å². The van der Waals surface area contributed by atoms with E-state index in [4.69, 9.17) is 16.3 Å². The number of hydrogen-bond donors (Lipinski definition) is 1. The molecule has 1 atom stereocenters. The lowest BCUT2D eigenvalue weighted by Gasteiger charge is -2.35. The van der Waals surface area contributed by atoms with Crippen molar-refractivity contribution in [1.29, 1.82) is 0 Å². The Kier molecular flexibility index (Phi) is 6.43. The molecule has 0 aromatic rings. The maximum absolute atomic E-state index is 12.0. The van der Waals surface area contributed by atoms with Crippen LogP contribution in [0.25, 0.3) is 0 Å². The summed E-state index contributed by atoms with van der Waals surface area (Å²) in [6.45, 7) is 5.00. The maximum Gasteiger partial charge on any atom is 0.245 e. The van der Waals surface area contributed by atoms with Gasteiger partial charge in [0.2, 0.25) is 11.8 Å². The molecule has 0 spiro atoms. The zero-order valence-corrected chi connectivity index (χ0v) is 11.7. The summed E-state index contributed by atoms with van der Waals surface area (Å²) in [5.74, 6) is 0.283. The molecule has 1 N–H and O–H groups in total. The molecule has 0 aromatic carbocycles. The van der Waals surface area contributed by atoms with Crippen LogP contribution in [0.4, 0.5) is 0 Å². The average molecular weight is 277 g/mol. The monoisotopic (exact) mass is 276 g/mol. The Labute approximate surface area is 113 Å². The van der Waals surface area contributed by atoms with Crippen LogP contribution in [0.1, 0.15) is 26.7 Å². The van der Waals surface area contributed by atoms with E-state index in [0.29, 0.717) is 31.9 Å². The van der Waals surface area contributed by atoms with Crippen molar-refractivity contribution in [3.05, 3.63) is 0 Å². The van der Waals surface area contributed by atoms with E-state index in [1.807, 2.05) is 13.8 Å². The Bertz CT molecular complexity index is 297. The summed E-state index contributed by atoms with van der Waals surface area (Å²) in [6.07, 6.45) is 1.02. The van der Waals surface area contributed by atoms with Gasteiger partial charge in [0.15, 0.2) is 0 Å². The van der Waals surface area contributed by atoms with Gasteiger partial charge in [-0.3, -0.25) is 9.59 Å². The van der Waals surface area contributed by atoms with Crippen molar-refractivity contribution < 1.29 is 14.3 Å². The van der Waals surface area contributed by atoms with E-state index in [9.17, 15) is 9.59 Å². The lowest BCUT2D eigenvalue weighted by atomic mass is 10.1. The van der Waals surface area contributed by atoms with E-state index in [2.05, 4.69) is 5.32 Å². The van der Waals surface area contributed by atoms with E-state index in [1.54, 1.807) is 4.90 Å². The normalized spacial score (nSPS) is 20.0. The molecule has 0 aromatic heterocycles. The molecule has 1 aliphatic rings. The highest BCUT2D eigenvalue weighted by Crippen LogP contribution is 2.11. The summed E-state index contributed by atoms with van der Waals surface area (Å²) in [5, 5.41) is 2.81.